The van der Waals surface area contributed by atoms with E-state index in [1.807, 2.05) is 6.92 Å². The molecule has 1 amide bonds. The van der Waals surface area contributed by atoms with Crippen molar-refractivity contribution in [2.75, 3.05) is 19.8 Å². The highest BCUT2D eigenvalue weighted by Crippen LogP contribution is 2.48. The van der Waals surface area contributed by atoms with Crippen LogP contribution in [0.4, 0.5) is 4.79 Å². The van der Waals surface area contributed by atoms with E-state index in [1.54, 1.807) is 0 Å². The van der Waals surface area contributed by atoms with Gasteiger partial charge in [0, 0.05) is 5.92 Å². The monoisotopic (exact) mass is 501 g/mol. The number of benzene rings is 2. The number of nitrogens with one attached hydrogen (secondary N) is 1. The van der Waals surface area contributed by atoms with Crippen LogP contribution in [0.25, 0.3) is 11.1 Å². The first-order valence-corrected chi connectivity index (χ1v) is 14.6. The summed E-state index contributed by atoms with van der Waals surface area (Å²) in [7, 11) is -3.63. The van der Waals surface area contributed by atoms with E-state index in [1.165, 1.54) is 47.9 Å². The van der Waals surface area contributed by atoms with E-state index in [0.717, 1.165) is 32.1 Å². The molecule has 1 saturated heterocycles. The minimum Gasteiger partial charge on any atom is -0.449 e. The van der Waals surface area contributed by atoms with Gasteiger partial charge in [0.25, 0.3) is 0 Å². The predicted molar refractivity (Wildman–Crippen MR) is 140 cm³/mol. The molecule has 3 rings (SSSR count). The molecule has 0 unspecified atom stereocenters. The van der Waals surface area contributed by atoms with Gasteiger partial charge in [-0.25, -0.2) is 14.4 Å². The molecule has 0 aliphatic carbocycles. The molecule has 0 spiro atoms. The smallest absolute Gasteiger partial charge is 0.437 e. The quantitative estimate of drug-likeness (QED) is 0.225. The first-order valence-electron chi connectivity index (χ1n) is 13.0. The fourth-order valence-electron chi connectivity index (χ4n) is 4.03. The van der Waals surface area contributed by atoms with Crippen molar-refractivity contribution in [3.63, 3.8) is 0 Å². The largest absolute Gasteiger partial charge is 0.449 e. The Morgan fingerprint density at radius 2 is 1.43 bits per heavy atom. The Bertz CT molecular complexity index is 933. The molecular weight excluding hydrogens is 461 g/mol. The van der Waals surface area contributed by atoms with Gasteiger partial charge in [-0.1, -0.05) is 88.1 Å². The van der Waals surface area contributed by atoms with E-state index in [4.69, 9.17) is 13.8 Å². The Morgan fingerprint density at radius 1 is 0.857 bits per heavy atom. The van der Waals surface area contributed by atoms with E-state index in [0.29, 0.717) is 0 Å². The van der Waals surface area contributed by atoms with Gasteiger partial charge in [-0.3, -0.25) is 9.05 Å². The molecule has 0 aromatic heterocycles. The molecule has 1 aliphatic heterocycles. The normalized spacial score (nSPS) is 19.9. The van der Waals surface area contributed by atoms with E-state index >= 15 is 0 Å². The molecule has 0 saturated carbocycles. The summed E-state index contributed by atoms with van der Waals surface area (Å²) in [6.45, 7) is 5.10. The predicted octanol–water partition coefficient (Wildman–Crippen LogP) is 7.71. The molecule has 35 heavy (non-hydrogen) atoms. The first kappa shape index (κ1) is 27.4. The van der Waals surface area contributed by atoms with Crippen LogP contribution < -0.4 is 5.09 Å². The summed E-state index contributed by atoms with van der Waals surface area (Å²) < 4.78 is 28.3. The summed E-state index contributed by atoms with van der Waals surface area (Å²) in [6.07, 6.45) is 8.96. The van der Waals surface area contributed by atoms with Crippen molar-refractivity contribution < 1.29 is 23.1 Å². The molecule has 0 atom stereocenters. The Balaban J connectivity index is 1.40. The average Bonchev–Trinajstić information content (AvgIpc) is 2.87. The van der Waals surface area contributed by atoms with E-state index < -0.39 is 13.8 Å². The Morgan fingerprint density at radius 3 is 2.00 bits per heavy atom. The van der Waals surface area contributed by atoms with E-state index in [-0.39, 0.29) is 25.7 Å². The maximum absolute atomic E-state index is 12.5. The number of hydrogen-bond donors (Lipinski definition) is 1. The van der Waals surface area contributed by atoms with Crippen LogP contribution in [0.3, 0.4) is 0 Å². The second kappa shape index (κ2) is 14.4. The zero-order valence-corrected chi connectivity index (χ0v) is 22.1. The molecule has 1 fully saturated rings. The SMILES string of the molecule is CCCCCCc1ccc(-c2ccc(CCC3COP(=O)(NC(=O)OCCCC)OC3)cc2)cc1. The summed E-state index contributed by atoms with van der Waals surface area (Å²) >= 11 is 0. The Hall–Kier alpha value is -2.14. The molecule has 6 nitrogen and oxygen atoms in total. The lowest BCUT2D eigenvalue weighted by Gasteiger charge is -2.28. The zero-order chi connectivity index (χ0) is 24.9. The minimum atomic E-state index is -3.63. The van der Waals surface area contributed by atoms with E-state index in [9.17, 15) is 9.36 Å². The molecule has 1 heterocycles. The fourth-order valence-corrected chi connectivity index (χ4v) is 5.34. The lowest BCUT2D eigenvalue weighted by atomic mass is 9.97. The molecule has 0 bridgehead atoms. The second-order valence-corrected chi connectivity index (χ2v) is 11.0. The van der Waals surface area contributed by atoms with Gasteiger partial charge >= 0.3 is 13.8 Å². The number of unbranched alkanes of at least 4 members (excludes halogenated alkanes) is 4. The standard InChI is InChI=1S/C28H40NO5P/c1-3-5-7-8-9-23-12-16-26(17-13-23)27-18-14-24(15-19-27)10-11-25-21-33-35(31,34-22-25)29-28(30)32-20-6-4-2/h12-19,25H,3-11,20-22H2,1-2H3,(H,29,30,31). The van der Waals surface area contributed by atoms with Crippen LogP contribution in [0, 0.1) is 5.92 Å². The highest BCUT2D eigenvalue weighted by atomic mass is 31.2. The lowest BCUT2D eigenvalue weighted by molar-refractivity contribution is 0.0803. The fraction of sp³-hybridized carbons (Fsp3) is 0.536. The first-order chi connectivity index (χ1) is 17.0. The van der Waals surface area contributed by atoms with Crippen LogP contribution >= 0.6 is 7.75 Å². The molecular formula is C28H40NO5P. The van der Waals surface area contributed by atoms with Gasteiger partial charge in [0.15, 0.2) is 0 Å². The minimum absolute atomic E-state index is 0.125. The highest BCUT2D eigenvalue weighted by molar-refractivity contribution is 7.52. The third-order valence-electron chi connectivity index (χ3n) is 6.32. The van der Waals surface area contributed by atoms with Gasteiger partial charge in [-0.2, -0.15) is 0 Å². The highest BCUT2D eigenvalue weighted by Gasteiger charge is 2.34. The van der Waals surface area contributed by atoms with Gasteiger partial charge < -0.3 is 4.74 Å². The second-order valence-electron chi connectivity index (χ2n) is 9.30. The van der Waals surface area contributed by atoms with Crippen LogP contribution in [0.2, 0.25) is 0 Å². The Kier molecular flexibility index (Phi) is 11.3. The number of carbonyl (C=O) groups is 1. The molecule has 7 heteroatoms. The molecule has 192 valence electrons. The number of amides is 1. The molecule has 1 aliphatic rings. The summed E-state index contributed by atoms with van der Waals surface area (Å²) in [6, 6.07) is 17.6. The number of ether oxygens (including phenoxy) is 1. The van der Waals surface area contributed by atoms with Crippen molar-refractivity contribution >= 4 is 13.8 Å². The summed E-state index contributed by atoms with van der Waals surface area (Å²) in [5.74, 6) is 0.125. The summed E-state index contributed by atoms with van der Waals surface area (Å²) in [5, 5.41) is 2.24. The van der Waals surface area contributed by atoms with Gasteiger partial charge in [0.2, 0.25) is 0 Å². The van der Waals surface area contributed by atoms with E-state index in [2.05, 4.69) is 60.5 Å². The van der Waals surface area contributed by atoms with Crippen LogP contribution in [0.15, 0.2) is 48.5 Å². The van der Waals surface area contributed by atoms with Crippen molar-refractivity contribution in [2.45, 2.75) is 71.6 Å². The van der Waals surface area contributed by atoms with Gasteiger partial charge in [-0.05, 0) is 54.4 Å². The Labute approximate surface area is 210 Å². The molecule has 2 aromatic rings. The zero-order valence-electron chi connectivity index (χ0n) is 21.2. The van der Waals surface area contributed by atoms with Crippen molar-refractivity contribution in [3.8, 4) is 11.1 Å². The third-order valence-corrected chi connectivity index (χ3v) is 7.76. The average molecular weight is 502 g/mol. The number of aryl methyl sites for hydroxylation is 2. The van der Waals surface area contributed by atoms with Crippen LogP contribution in [0.1, 0.15) is 69.9 Å². The third kappa shape index (κ3) is 9.44. The maximum atomic E-state index is 12.5. The summed E-state index contributed by atoms with van der Waals surface area (Å²) in [5.41, 5.74) is 5.10. The van der Waals surface area contributed by atoms with Crippen molar-refractivity contribution in [2.24, 2.45) is 5.92 Å². The lowest BCUT2D eigenvalue weighted by Crippen LogP contribution is -2.30. The topological polar surface area (TPSA) is 73.9 Å². The van der Waals surface area contributed by atoms with Crippen molar-refractivity contribution in [3.05, 3.63) is 59.7 Å². The van der Waals surface area contributed by atoms with Crippen LogP contribution in [-0.4, -0.2) is 25.9 Å². The van der Waals surface area contributed by atoms with Gasteiger partial charge in [0.05, 0.1) is 19.8 Å². The number of rotatable bonds is 13. The molecule has 0 radical (unpaired) electrons. The van der Waals surface area contributed by atoms with Crippen LogP contribution in [-0.2, 0) is 31.2 Å². The molecule has 1 N–H and O–H groups in total. The van der Waals surface area contributed by atoms with Crippen LogP contribution in [0.5, 0.6) is 0 Å². The maximum Gasteiger partial charge on any atom is 0.437 e. The van der Waals surface area contributed by atoms with Gasteiger partial charge in [-0.15, -0.1) is 0 Å². The molecule has 2 aromatic carbocycles. The number of hydrogen-bond acceptors (Lipinski definition) is 5. The summed E-state index contributed by atoms with van der Waals surface area (Å²) in [4.78, 5) is 11.7. The van der Waals surface area contributed by atoms with Crippen molar-refractivity contribution in [1.82, 2.24) is 5.09 Å². The number of carbonyl (C=O) groups excluding carboxylic acids is 1. The van der Waals surface area contributed by atoms with Crippen molar-refractivity contribution in [1.29, 1.82) is 0 Å². The van der Waals surface area contributed by atoms with Gasteiger partial charge in [0.1, 0.15) is 0 Å².